The molecule has 4 N–H and O–H groups in total. The molecule has 42 heavy (non-hydrogen) atoms. The maximum Gasteiger partial charge on any atom is 0.240 e. The van der Waals surface area contributed by atoms with E-state index in [1.165, 1.54) is 49.2 Å². The van der Waals surface area contributed by atoms with Crippen molar-refractivity contribution in [2.45, 2.75) is 112 Å². The van der Waals surface area contributed by atoms with Gasteiger partial charge in [-0.25, -0.2) is 26.3 Å². The molecule has 2 fully saturated rings. The second-order valence-electron chi connectivity index (χ2n) is 11.7. The van der Waals surface area contributed by atoms with Gasteiger partial charge in [-0.2, -0.15) is 0 Å². The van der Waals surface area contributed by atoms with E-state index in [0.717, 1.165) is 77.0 Å². The van der Waals surface area contributed by atoms with Gasteiger partial charge in [0.2, 0.25) is 20.0 Å². The van der Waals surface area contributed by atoms with E-state index < -0.39 is 20.0 Å². The predicted molar refractivity (Wildman–Crippen MR) is 165 cm³/mol. The normalized spacial score (nSPS) is 18.7. The second-order valence-corrected chi connectivity index (χ2v) is 15.1. The van der Waals surface area contributed by atoms with Crippen LogP contribution in [0.25, 0.3) is 21.5 Å². The van der Waals surface area contributed by atoms with Gasteiger partial charge in [0.25, 0.3) is 0 Å². The fraction of sp³-hybridized carbons (Fsp3) is 0.533. The average molecular weight is 617 g/mol. The molecule has 0 aromatic heterocycles. The highest BCUT2D eigenvalue weighted by atomic mass is 32.2. The highest BCUT2D eigenvalue weighted by Gasteiger charge is 2.25. The summed E-state index contributed by atoms with van der Waals surface area (Å²) in [6, 6.07) is 8.32. The third-order valence-electron chi connectivity index (χ3n) is 8.71. The molecule has 0 amide bonds. The first kappa shape index (κ1) is 30.8. The summed E-state index contributed by atoms with van der Waals surface area (Å²) in [6.07, 6.45) is 13.6. The van der Waals surface area contributed by atoms with Gasteiger partial charge < -0.3 is 0 Å². The number of benzene rings is 3. The zero-order valence-electron chi connectivity index (χ0n) is 23.8. The Kier molecular flexibility index (Phi) is 9.78. The number of anilines is 1. The van der Waals surface area contributed by atoms with Gasteiger partial charge in [-0.05, 0) is 55.1 Å². The Morgan fingerprint density at radius 1 is 0.595 bits per heavy atom. The topological polar surface area (TPSA) is 154 Å². The van der Waals surface area contributed by atoms with E-state index in [4.69, 9.17) is 0 Å². The molecular formula is C30H40N4O6S2. The Labute approximate surface area is 247 Å². The Bertz CT molecular complexity index is 1530. The first-order chi connectivity index (χ1) is 20.2. The monoisotopic (exact) mass is 616 g/mol. The SMILES string of the molecule is O=Nc1c2cc(S(=O)(=O)NC3CCCCCCC3)ccc2c(NO)c2ccc(S(=O)(=O)NC3CCCCCCC3)cc12. The first-order valence-electron chi connectivity index (χ1n) is 15.0. The van der Waals surface area contributed by atoms with Crippen molar-refractivity contribution in [3.05, 3.63) is 41.3 Å². The van der Waals surface area contributed by atoms with Gasteiger partial charge in [-0.3, -0.25) is 10.7 Å². The summed E-state index contributed by atoms with van der Waals surface area (Å²) in [5, 5.41) is 14.5. The summed E-state index contributed by atoms with van der Waals surface area (Å²) in [7, 11) is -7.83. The standard InChI is InChI=1S/C30H40N4O6S2/c35-31-29-25-17-15-23(41(37,38)33-21-11-7-3-1-4-8-12-21)19-27(25)30(32-36)28-20-24(16-18-26(28)29)42(39,40)34-22-13-9-5-2-6-10-14-22/h15-22,31,33-35H,1-14H2. The molecule has 2 saturated carbocycles. The van der Waals surface area contributed by atoms with Gasteiger partial charge in [0.15, 0.2) is 0 Å². The van der Waals surface area contributed by atoms with Gasteiger partial charge >= 0.3 is 0 Å². The van der Waals surface area contributed by atoms with Crippen molar-refractivity contribution >= 4 is 53.0 Å². The van der Waals surface area contributed by atoms with Crippen LogP contribution < -0.4 is 14.9 Å². The number of fused-ring (bicyclic) bond motifs is 2. The molecule has 2 aliphatic carbocycles. The van der Waals surface area contributed by atoms with Crippen molar-refractivity contribution in [2.24, 2.45) is 5.18 Å². The lowest BCUT2D eigenvalue weighted by Crippen LogP contribution is -2.35. The molecule has 3 aromatic carbocycles. The molecular weight excluding hydrogens is 576 g/mol. The summed E-state index contributed by atoms with van der Waals surface area (Å²) in [5.74, 6) is 0. The number of nitrogens with one attached hydrogen (secondary N) is 3. The number of sulfonamides is 2. The van der Waals surface area contributed by atoms with Crippen LogP contribution in [0.3, 0.4) is 0 Å². The van der Waals surface area contributed by atoms with Crippen molar-refractivity contribution in [3.63, 3.8) is 0 Å². The minimum atomic E-state index is -3.91. The van der Waals surface area contributed by atoms with Gasteiger partial charge in [-0.15, -0.1) is 4.91 Å². The molecule has 10 nitrogen and oxygen atoms in total. The van der Waals surface area contributed by atoms with E-state index in [0.29, 0.717) is 10.8 Å². The Morgan fingerprint density at radius 2 is 0.976 bits per heavy atom. The highest BCUT2D eigenvalue weighted by Crippen LogP contribution is 2.43. The van der Waals surface area contributed by atoms with Crippen molar-refractivity contribution in [1.29, 1.82) is 0 Å². The molecule has 0 bridgehead atoms. The summed E-state index contributed by atoms with van der Waals surface area (Å²) >= 11 is 0. The minimum Gasteiger partial charge on any atom is -0.291 e. The van der Waals surface area contributed by atoms with Crippen LogP contribution in [0.2, 0.25) is 0 Å². The molecule has 0 aliphatic heterocycles. The van der Waals surface area contributed by atoms with Crippen molar-refractivity contribution < 1.29 is 22.0 Å². The molecule has 3 aromatic rings. The number of nitrogens with zero attached hydrogens (tertiary/aromatic N) is 1. The lowest BCUT2D eigenvalue weighted by Gasteiger charge is -2.22. The zero-order chi connectivity index (χ0) is 29.7. The smallest absolute Gasteiger partial charge is 0.240 e. The number of nitroso groups, excluding NO2 is 1. The van der Waals surface area contributed by atoms with Crippen LogP contribution in [0.4, 0.5) is 11.4 Å². The molecule has 0 unspecified atom stereocenters. The molecule has 0 spiro atoms. The van der Waals surface area contributed by atoms with E-state index in [1.54, 1.807) is 0 Å². The Morgan fingerprint density at radius 3 is 1.33 bits per heavy atom. The van der Waals surface area contributed by atoms with Crippen molar-refractivity contribution in [2.75, 3.05) is 5.48 Å². The third kappa shape index (κ3) is 6.78. The fourth-order valence-corrected chi connectivity index (χ4v) is 9.10. The molecule has 0 heterocycles. The maximum absolute atomic E-state index is 13.4. The van der Waals surface area contributed by atoms with Gasteiger partial charge in [-0.1, -0.05) is 76.3 Å². The van der Waals surface area contributed by atoms with E-state index in [2.05, 4.69) is 20.1 Å². The zero-order valence-corrected chi connectivity index (χ0v) is 25.4. The molecule has 0 saturated heterocycles. The van der Waals surface area contributed by atoms with Crippen LogP contribution in [0.5, 0.6) is 0 Å². The number of hydrogen-bond acceptors (Lipinski definition) is 8. The summed E-state index contributed by atoms with van der Waals surface area (Å²) < 4.78 is 59.3. The molecule has 2 aliphatic rings. The van der Waals surface area contributed by atoms with E-state index in [-0.39, 0.29) is 44.0 Å². The van der Waals surface area contributed by atoms with Gasteiger partial charge in [0, 0.05) is 33.6 Å². The van der Waals surface area contributed by atoms with E-state index in [1.807, 2.05) is 0 Å². The largest absolute Gasteiger partial charge is 0.291 e. The Balaban J connectivity index is 1.55. The average Bonchev–Trinajstić information content (AvgIpc) is 2.93. The molecule has 5 rings (SSSR count). The molecule has 228 valence electrons. The maximum atomic E-state index is 13.4. The van der Waals surface area contributed by atoms with Crippen LogP contribution in [0, 0.1) is 4.91 Å². The predicted octanol–water partition coefficient (Wildman–Crippen LogP) is 6.97. The lowest BCUT2D eigenvalue weighted by atomic mass is 9.97. The second kappa shape index (κ2) is 13.3. The van der Waals surface area contributed by atoms with Crippen LogP contribution in [0.15, 0.2) is 51.4 Å². The minimum absolute atomic E-state index is 0.0278. The third-order valence-corrected chi connectivity index (χ3v) is 11.7. The first-order valence-corrected chi connectivity index (χ1v) is 18.0. The summed E-state index contributed by atoms with van der Waals surface area (Å²) in [6.45, 7) is 0. The van der Waals surface area contributed by atoms with Crippen molar-refractivity contribution in [1.82, 2.24) is 9.44 Å². The molecule has 0 atom stereocenters. The quantitative estimate of drug-likeness (QED) is 0.121. The molecule has 12 heteroatoms. The number of hydrogen-bond donors (Lipinski definition) is 4. The van der Waals surface area contributed by atoms with Crippen LogP contribution in [-0.4, -0.2) is 34.1 Å². The van der Waals surface area contributed by atoms with Crippen LogP contribution >= 0.6 is 0 Å². The highest BCUT2D eigenvalue weighted by molar-refractivity contribution is 7.89. The molecule has 0 radical (unpaired) electrons. The van der Waals surface area contributed by atoms with Gasteiger partial charge in [0.05, 0.1) is 15.5 Å². The van der Waals surface area contributed by atoms with E-state index >= 15 is 0 Å². The fourth-order valence-electron chi connectivity index (χ4n) is 6.44. The van der Waals surface area contributed by atoms with Crippen LogP contribution in [0.1, 0.15) is 89.9 Å². The van der Waals surface area contributed by atoms with Crippen LogP contribution in [-0.2, 0) is 20.0 Å². The summed E-state index contributed by atoms with van der Waals surface area (Å²) in [4.78, 5) is 12.2. The lowest BCUT2D eigenvalue weighted by molar-refractivity contribution is 0.390. The van der Waals surface area contributed by atoms with E-state index in [9.17, 15) is 26.9 Å². The van der Waals surface area contributed by atoms with Gasteiger partial charge in [0.1, 0.15) is 5.69 Å². The van der Waals surface area contributed by atoms with Crippen molar-refractivity contribution in [3.8, 4) is 0 Å². The number of rotatable bonds is 8. The summed E-state index contributed by atoms with van der Waals surface area (Å²) in [5.41, 5.74) is 2.29. The Hall–Kier alpha value is -2.64.